The van der Waals surface area contributed by atoms with Crippen molar-refractivity contribution in [2.24, 2.45) is 16.3 Å². The van der Waals surface area contributed by atoms with Crippen molar-refractivity contribution < 1.29 is 9.21 Å². The molecule has 0 aliphatic heterocycles. The standard InChI is InChI=1S/C26H31N3O2S/c1-26(2,3)17-11-13-20-21(15-17)32-25(27-16-19-12-14-22(31-19)29(4)5)23(20)24(30)28-18-9-7-6-8-10-18/h6-10,12,14,16-17H,11,13,15H2,1-5H3,(H,28,30)/t17-/m1/s1. The van der Waals surface area contributed by atoms with Gasteiger partial charge in [-0.1, -0.05) is 39.0 Å². The predicted molar refractivity (Wildman–Crippen MR) is 134 cm³/mol. The van der Waals surface area contributed by atoms with Gasteiger partial charge in [0.1, 0.15) is 10.8 Å². The van der Waals surface area contributed by atoms with E-state index in [1.54, 1.807) is 17.6 Å². The highest BCUT2D eigenvalue weighted by atomic mass is 32.1. The van der Waals surface area contributed by atoms with Gasteiger partial charge in [0.2, 0.25) is 0 Å². The molecule has 1 atom stereocenters. The highest BCUT2D eigenvalue weighted by Crippen LogP contribution is 2.45. The Morgan fingerprint density at radius 2 is 1.94 bits per heavy atom. The SMILES string of the molecule is CN(C)c1ccc(C=Nc2sc3c(c2C(=O)Nc2ccccc2)CC[C@@H](C(C)(C)C)C3)o1. The number of carbonyl (C=O) groups excluding carboxylic acids is 1. The smallest absolute Gasteiger partial charge is 0.259 e. The number of furan rings is 1. The number of hydrogen-bond donors (Lipinski definition) is 1. The van der Waals surface area contributed by atoms with Crippen molar-refractivity contribution in [2.45, 2.75) is 40.0 Å². The summed E-state index contributed by atoms with van der Waals surface area (Å²) in [7, 11) is 3.87. The highest BCUT2D eigenvalue weighted by Gasteiger charge is 2.33. The third-order valence-corrected chi connectivity index (χ3v) is 7.25. The van der Waals surface area contributed by atoms with Crippen molar-refractivity contribution in [1.82, 2.24) is 0 Å². The van der Waals surface area contributed by atoms with E-state index in [1.807, 2.05) is 61.5 Å². The maximum absolute atomic E-state index is 13.3. The van der Waals surface area contributed by atoms with Gasteiger partial charge in [-0.3, -0.25) is 4.79 Å². The van der Waals surface area contributed by atoms with Gasteiger partial charge in [0.15, 0.2) is 5.88 Å². The normalized spacial score (nSPS) is 16.2. The van der Waals surface area contributed by atoms with Crippen LogP contribution in [-0.2, 0) is 12.8 Å². The van der Waals surface area contributed by atoms with Crippen LogP contribution in [0.3, 0.4) is 0 Å². The Morgan fingerprint density at radius 3 is 2.59 bits per heavy atom. The first-order chi connectivity index (χ1) is 15.2. The number of nitrogens with zero attached hydrogens (tertiary/aromatic N) is 2. The lowest BCUT2D eigenvalue weighted by atomic mass is 9.72. The monoisotopic (exact) mass is 449 g/mol. The number of benzene rings is 1. The van der Waals surface area contributed by atoms with Crippen LogP contribution in [0.4, 0.5) is 16.6 Å². The van der Waals surface area contributed by atoms with Crippen LogP contribution in [0.25, 0.3) is 0 Å². The molecule has 1 aliphatic rings. The van der Waals surface area contributed by atoms with Gasteiger partial charge in [-0.15, -0.1) is 11.3 Å². The Morgan fingerprint density at radius 1 is 1.19 bits per heavy atom. The average molecular weight is 450 g/mol. The second-order valence-electron chi connectivity index (χ2n) is 9.64. The van der Waals surface area contributed by atoms with E-state index in [0.29, 0.717) is 17.2 Å². The van der Waals surface area contributed by atoms with Gasteiger partial charge in [-0.25, -0.2) is 4.99 Å². The second kappa shape index (κ2) is 8.94. The quantitative estimate of drug-likeness (QED) is 0.449. The molecular formula is C26H31N3O2S. The van der Waals surface area contributed by atoms with Gasteiger partial charge in [-0.05, 0) is 54.4 Å². The lowest BCUT2D eigenvalue weighted by molar-refractivity contribution is 0.102. The molecule has 0 bridgehead atoms. The number of carbonyl (C=O) groups is 1. The van der Waals surface area contributed by atoms with Crippen LogP contribution in [0.1, 0.15) is 53.8 Å². The Balaban J connectivity index is 1.68. The molecule has 0 fully saturated rings. The fraction of sp³-hybridized carbons (Fsp3) is 0.385. The summed E-state index contributed by atoms with van der Waals surface area (Å²) in [5, 5.41) is 3.81. The van der Waals surface area contributed by atoms with Crippen LogP contribution in [0.2, 0.25) is 0 Å². The van der Waals surface area contributed by atoms with Crippen molar-refractivity contribution in [3.8, 4) is 0 Å². The van der Waals surface area contributed by atoms with Crippen LogP contribution >= 0.6 is 11.3 Å². The summed E-state index contributed by atoms with van der Waals surface area (Å²) < 4.78 is 5.81. The van der Waals surface area contributed by atoms with Crippen LogP contribution in [0, 0.1) is 11.3 Å². The van der Waals surface area contributed by atoms with Crippen LogP contribution in [0.5, 0.6) is 0 Å². The maximum Gasteiger partial charge on any atom is 0.259 e. The van der Waals surface area contributed by atoms with E-state index in [0.717, 1.165) is 41.4 Å². The van der Waals surface area contributed by atoms with E-state index in [1.165, 1.54) is 4.88 Å². The highest BCUT2D eigenvalue weighted by molar-refractivity contribution is 7.16. The van der Waals surface area contributed by atoms with E-state index >= 15 is 0 Å². The van der Waals surface area contributed by atoms with Gasteiger partial charge < -0.3 is 14.6 Å². The summed E-state index contributed by atoms with van der Waals surface area (Å²) in [5.41, 5.74) is 2.90. The molecule has 0 saturated carbocycles. The molecule has 0 unspecified atom stereocenters. The molecule has 0 spiro atoms. The Labute approximate surface area is 194 Å². The molecular weight excluding hydrogens is 418 g/mol. The van der Waals surface area contributed by atoms with Crippen molar-refractivity contribution >= 4 is 40.0 Å². The van der Waals surface area contributed by atoms with E-state index in [-0.39, 0.29) is 11.3 Å². The van der Waals surface area contributed by atoms with Crippen molar-refractivity contribution in [3.63, 3.8) is 0 Å². The number of fused-ring (bicyclic) bond motifs is 1. The number of para-hydroxylation sites is 1. The van der Waals surface area contributed by atoms with E-state index in [4.69, 9.17) is 9.41 Å². The summed E-state index contributed by atoms with van der Waals surface area (Å²) in [6, 6.07) is 13.4. The van der Waals surface area contributed by atoms with Crippen molar-refractivity contribution in [1.29, 1.82) is 0 Å². The first kappa shape index (κ1) is 22.3. The van der Waals surface area contributed by atoms with Gasteiger partial charge in [0, 0.05) is 30.7 Å². The summed E-state index contributed by atoms with van der Waals surface area (Å²) in [5.74, 6) is 1.95. The molecule has 5 nitrogen and oxygen atoms in total. The molecule has 0 saturated heterocycles. The minimum absolute atomic E-state index is 0.0940. The predicted octanol–water partition coefficient (Wildman–Crippen LogP) is 6.56. The number of amides is 1. The van der Waals surface area contributed by atoms with Gasteiger partial charge in [0.25, 0.3) is 5.91 Å². The van der Waals surface area contributed by atoms with E-state index in [2.05, 4.69) is 26.1 Å². The van der Waals surface area contributed by atoms with Crippen LogP contribution in [-0.4, -0.2) is 26.2 Å². The largest absolute Gasteiger partial charge is 0.440 e. The summed E-state index contributed by atoms with van der Waals surface area (Å²) in [4.78, 5) is 21.3. The average Bonchev–Trinajstić information content (AvgIpc) is 3.36. The molecule has 32 heavy (non-hydrogen) atoms. The zero-order chi connectivity index (χ0) is 22.9. The minimum atomic E-state index is -0.0940. The fourth-order valence-corrected chi connectivity index (χ4v) is 5.39. The Bertz CT molecular complexity index is 1120. The summed E-state index contributed by atoms with van der Waals surface area (Å²) in [6.45, 7) is 6.91. The molecule has 2 heterocycles. The molecule has 1 N–H and O–H groups in total. The number of anilines is 2. The lowest BCUT2D eigenvalue weighted by Gasteiger charge is -2.33. The Kier molecular flexibility index (Phi) is 6.24. The van der Waals surface area contributed by atoms with E-state index < -0.39 is 0 Å². The summed E-state index contributed by atoms with van der Waals surface area (Å²) >= 11 is 1.64. The Hall–Kier alpha value is -2.86. The van der Waals surface area contributed by atoms with Crippen molar-refractivity contribution in [3.05, 3.63) is 64.2 Å². The van der Waals surface area contributed by atoms with Gasteiger partial charge in [0.05, 0.1) is 11.8 Å². The van der Waals surface area contributed by atoms with Crippen LogP contribution in [0.15, 0.2) is 51.9 Å². The second-order valence-corrected chi connectivity index (χ2v) is 10.7. The van der Waals surface area contributed by atoms with Crippen molar-refractivity contribution in [2.75, 3.05) is 24.3 Å². The fourth-order valence-electron chi connectivity index (χ4n) is 4.13. The molecule has 2 aromatic heterocycles. The molecule has 168 valence electrons. The molecule has 1 aliphatic carbocycles. The first-order valence-corrected chi connectivity index (χ1v) is 11.9. The number of hydrogen-bond acceptors (Lipinski definition) is 5. The molecule has 6 heteroatoms. The zero-order valence-electron chi connectivity index (χ0n) is 19.4. The lowest BCUT2D eigenvalue weighted by Crippen LogP contribution is -2.27. The summed E-state index contributed by atoms with van der Waals surface area (Å²) in [6.07, 6.45) is 4.71. The maximum atomic E-state index is 13.3. The third kappa shape index (κ3) is 4.80. The number of aliphatic imine (C=N–C) groups is 1. The third-order valence-electron chi connectivity index (χ3n) is 6.09. The zero-order valence-corrected chi connectivity index (χ0v) is 20.3. The number of nitrogens with one attached hydrogen (secondary N) is 1. The van der Waals surface area contributed by atoms with Gasteiger partial charge in [-0.2, -0.15) is 0 Å². The van der Waals surface area contributed by atoms with Crippen LogP contribution < -0.4 is 10.2 Å². The molecule has 3 aromatic rings. The molecule has 1 aromatic carbocycles. The molecule has 4 rings (SSSR count). The molecule has 1 amide bonds. The molecule has 0 radical (unpaired) electrons. The minimum Gasteiger partial charge on any atom is -0.440 e. The van der Waals surface area contributed by atoms with E-state index in [9.17, 15) is 4.79 Å². The topological polar surface area (TPSA) is 57.8 Å². The number of thiophene rings is 1. The van der Waals surface area contributed by atoms with Gasteiger partial charge >= 0.3 is 0 Å². The first-order valence-electron chi connectivity index (χ1n) is 11.0. The number of rotatable bonds is 5.